The van der Waals surface area contributed by atoms with E-state index < -0.39 is 40.7 Å². The highest BCUT2D eigenvalue weighted by atomic mass is 35.5. The van der Waals surface area contributed by atoms with Crippen LogP contribution in [0.25, 0.3) is 0 Å². The minimum atomic E-state index is -4.72. The molecule has 1 amide bonds. The number of halogens is 4. The van der Waals surface area contributed by atoms with Crippen LogP contribution in [0.15, 0.2) is 22.4 Å². The fourth-order valence-electron chi connectivity index (χ4n) is 1.99. The van der Waals surface area contributed by atoms with Gasteiger partial charge in [0.15, 0.2) is 5.13 Å². The van der Waals surface area contributed by atoms with E-state index >= 15 is 0 Å². The van der Waals surface area contributed by atoms with Crippen molar-refractivity contribution in [3.63, 3.8) is 0 Å². The zero-order valence-corrected chi connectivity index (χ0v) is 15.4. The molecule has 0 saturated carbocycles. The molecular formula is C15H13ClF3N3O4S. The fourth-order valence-corrected chi connectivity index (χ4v) is 2.94. The predicted octanol–water partition coefficient (Wildman–Crippen LogP) is 2.72. The molecule has 0 saturated heterocycles. The van der Waals surface area contributed by atoms with Crippen LogP contribution in [0.5, 0.6) is 0 Å². The topological polar surface area (TPSA) is 90.3 Å². The van der Waals surface area contributed by atoms with Crippen molar-refractivity contribution >= 4 is 39.9 Å². The van der Waals surface area contributed by atoms with Crippen LogP contribution >= 0.6 is 22.9 Å². The normalized spacial score (nSPS) is 11.3. The lowest BCUT2D eigenvalue weighted by atomic mass is 10.2. The summed E-state index contributed by atoms with van der Waals surface area (Å²) in [7, 11) is 0. The zero-order chi connectivity index (χ0) is 20.2. The number of hydrogen-bond donors (Lipinski definition) is 1. The first kappa shape index (κ1) is 20.9. The summed E-state index contributed by atoms with van der Waals surface area (Å²) in [5, 5.41) is 3.36. The molecule has 27 heavy (non-hydrogen) atoms. The van der Waals surface area contributed by atoms with Crippen LogP contribution in [-0.4, -0.2) is 28.0 Å². The van der Waals surface area contributed by atoms with Gasteiger partial charge in [0.05, 0.1) is 24.3 Å². The molecule has 0 radical (unpaired) electrons. The largest absolute Gasteiger partial charge is 0.466 e. The number of pyridine rings is 1. The highest BCUT2D eigenvalue weighted by Gasteiger charge is 2.32. The molecule has 146 valence electrons. The van der Waals surface area contributed by atoms with Crippen molar-refractivity contribution in [2.75, 3.05) is 11.9 Å². The number of carbonyl (C=O) groups excluding carboxylic acids is 2. The van der Waals surface area contributed by atoms with Gasteiger partial charge in [0.2, 0.25) is 5.91 Å². The van der Waals surface area contributed by atoms with Crippen molar-refractivity contribution in [3.05, 3.63) is 44.3 Å². The van der Waals surface area contributed by atoms with Crippen molar-refractivity contribution in [3.8, 4) is 0 Å². The summed E-state index contributed by atoms with van der Waals surface area (Å²) in [5.74, 6) is -1.25. The van der Waals surface area contributed by atoms with Crippen LogP contribution in [0.4, 0.5) is 18.3 Å². The average molecular weight is 424 g/mol. The van der Waals surface area contributed by atoms with Crippen LogP contribution in [-0.2, 0) is 33.5 Å². The number of hydrogen-bond acceptors (Lipinski definition) is 6. The van der Waals surface area contributed by atoms with E-state index in [1.165, 1.54) is 5.38 Å². The summed E-state index contributed by atoms with van der Waals surface area (Å²) in [4.78, 5) is 39.2. The number of ether oxygens (including phenoxy) is 1. The highest BCUT2D eigenvalue weighted by Crippen LogP contribution is 2.29. The van der Waals surface area contributed by atoms with Crippen LogP contribution in [0.2, 0.25) is 5.02 Å². The molecule has 0 aliphatic heterocycles. The quantitative estimate of drug-likeness (QED) is 0.721. The molecule has 7 nitrogen and oxygen atoms in total. The predicted molar refractivity (Wildman–Crippen MR) is 91.8 cm³/mol. The molecule has 2 rings (SSSR count). The molecule has 0 aromatic carbocycles. The van der Waals surface area contributed by atoms with Gasteiger partial charge in [-0.1, -0.05) is 11.6 Å². The van der Waals surface area contributed by atoms with E-state index in [-0.39, 0.29) is 18.2 Å². The molecule has 2 aromatic rings. The summed E-state index contributed by atoms with van der Waals surface area (Å²) in [6.07, 6.45) is -4.28. The van der Waals surface area contributed by atoms with Gasteiger partial charge in [-0.15, -0.1) is 11.3 Å². The molecule has 2 aromatic heterocycles. The Balaban J connectivity index is 2.08. The first-order chi connectivity index (χ1) is 12.6. The number of aromatic nitrogens is 2. The molecule has 0 bridgehead atoms. The molecular weight excluding hydrogens is 411 g/mol. The number of nitrogens with zero attached hydrogens (tertiary/aromatic N) is 2. The first-order valence-corrected chi connectivity index (χ1v) is 8.73. The van der Waals surface area contributed by atoms with Crippen LogP contribution < -0.4 is 10.9 Å². The smallest absolute Gasteiger partial charge is 0.417 e. The van der Waals surface area contributed by atoms with E-state index in [2.05, 4.69) is 10.3 Å². The van der Waals surface area contributed by atoms with Gasteiger partial charge in [0.25, 0.3) is 5.56 Å². The first-order valence-electron chi connectivity index (χ1n) is 7.47. The maximum atomic E-state index is 12.8. The van der Waals surface area contributed by atoms with Crippen molar-refractivity contribution in [2.45, 2.75) is 26.1 Å². The van der Waals surface area contributed by atoms with Crippen molar-refractivity contribution in [1.82, 2.24) is 9.55 Å². The number of amides is 1. The number of carbonyl (C=O) groups is 2. The van der Waals surface area contributed by atoms with Gasteiger partial charge >= 0.3 is 12.1 Å². The summed E-state index contributed by atoms with van der Waals surface area (Å²) in [6, 6.07) is 0.501. The summed E-state index contributed by atoms with van der Waals surface area (Å²) in [6.45, 7) is 1.20. The second kappa shape index (κ2) is 8.53. The van der Waals surface area contributed by atoms with Crippen LogP contribution in [0, 0.1) is 0 Å². The summed E-state index contributed by atoms with van der Waals surface area (Å²) >= 11 is 6.55. The maximum absolute atomic E-state index is 12.8. The van der Waals surface area contributed by atoms with Gasteiger partial charge in [-0.2, -0.15) is 13.2 Å². The lowest BCUT2D eigenvalue weighted by Crippen LogP contribution is -2.29. The van der Waals surface area contributed by atoms with Crippen LogP contribution in [0.3, 0.4) is 0 Å². The standard InChI is InChI=1S/C15H13ClF3N3O4S/c1-2-26-12(24)4-9-7-27-14(20-9)21-11(23)6-22-5-8(15(17,18)19)3-10(16)13(22)25/h3,5,7H,2,4,6H2,1H3,(H,20,21,23). The maximum Gasteiger partial charge on any atom is 0.417 e. The lowest BCUT2D eigenvalue weighted by molar-refractivity contribution is -0.142. The number of rotatable bonds is 6. The Bertz CT molecular complexity index is 910. The number of nitrogens with one attached hydrogen (secondary N) is 1. The Kier molecular flexibility index (Phi) is 6.60. The Morgan fingerprint density at radius 3 is 2.74 bits per heavy atom. The van der Waals surface area contributed by atoms with Crippen LogP contribution in [0.1, 0.15) is 18.2 Å². The highest BCUT2D eigenvalue weighted by molar-refractivity contribution is 7.13. The van der Waals surface area contributed by atoms with Crippen molar-refractivity contribution in [2.24, 2.45) is 0 Å². The Hall–Kier alpha value is -2.40. The molecule has 0 aliphatic rings. The Morgan fingerprint density at radius 1 is 1.41 bits per heavy atom. The number of esters is 1. The molecule has 0 unspecified atom stereocenters. The van der Waals surface area contributed by atoms with Gasteiger partial charge in [-0.05, 0) is 13.0 Å². The van der Waals surface area contributed by atoms with Gasteiger partial charge in [-0.3, -0.25) is 14.4 Å². The van der Waals surface area contributed by atoms with Gasteiger partial charge < -0.3 is 14.6 Å². The minimum absolute atomic E-state index is 0.0805. The number of alkyl halides is 3. The third-order valence-electron chi connectivity index (χ3n) is 3.11. The lowest BCUT2D eigenvalue weighted by Gasteiger charge is -2.11. The molecule has 0 spiro atoms. The molecule has 2 heterocycles. The molecule has 12 heteroatoms. The summed E-state index contributed by atoms with van der Waals surface area (Å²) < 4.78 is 43.8. The minimum Gasteiger partial charge on any atom is -0.466 e. The third-order valence-corrected chi connectivity index (χ3v) is 4.19. The molecule has 0 atom stereocenters. The van der Waals surface area contributed by atoms with E-state index in [9.17, 15) is 27.6 Å². The second-order valence-corrected chi connectivity index (χ2v) is 6.45. The Morgan fingerprint density at radius 2 is 2.11 bits per heavy atom. The third kappa shape index (κ3) is 5.79. The molecule has 0 aliphatic carbocycles. The molecule has 0 fully saturated rings. The average Bonchev–Trinajstić information content (AvgIpc) is 2.97. The Labute approximate surface area is 159 Å². The summed E-state index contributed by atoms with van der Waals surface area (Å²) in [5.41, 5.74) is -1.71. The monoisotopic (exact) mass is 423 g/mol. The fraction of sp³-hybridized carbons (Fsp3) is 0.333. The van der Waals surface area contributed by atoms with Crippen molar-refractivity contribution in [1.29, 1.82) is 0 Å². The van der Waals surface area contributed by atoms with Gasteiger partial charge in [-0.25, -0.2) is 4.98 Å². The SMILES string of the molecule is CCOC(=O)Cc1csc(NC(=O)Cn2cc(C(F)(F)F)cc(Cl)c2=O)n1. The number of anilines is 1. The van der Waals surface area contributed by atoms with E-state index in [0.717, 1.165) is 11.3 Å². The molecule has 1 N–H and O–H groups in total. The van der Waals surface area contributed by atoms with Gasteiger partial charge in [0, 0.05) is 11.6 Å². The van der Waals surface area contributed by atoms with E-state index in [0.29, 0.717) is 22.5 Å². The number of thiazole rings is 1. The van der Waals surface area contributed by atoms with E-state index in [1.807, 2.05) is 0 Å². The van der Waals surface area contributed by atoms with Crippen molar-refractivity contribution < 1.29 is 27.5 Å². The zero-order valence-electron chi connectivity index (χ0n) is 13.8. The second-order valence-electron chi connectivity index (χ2n) is 5.18. The van der Waals surface area contributed by atoms with E-state index in [1.54, 1.807) is 6.92 Å². The van der Waals surface area contributed by atoms with E-state index in [4.69, 9.17) is 16.3 Å². The van der Waals surface area contributed by atoms with Gasteiger partial charge in [0.1, 0.15) is 11.6 Å².